The third kappa shape index (κ3) is 6.45. The van der Waals surface area contributed by atoms with Crippen LogP contribution in [0.4, 0.5) is 11.4 Å². The van der Waals surface area contributed by atoms with Gasteiger partial charge >= 0.3 is 5.97 Å². The number of benzene rings is 3. The molecule has 1 heterocycles. The highest BCUT2D eigenvalue weighted by atomic mass is 35.5. The molecule has 1 atom stereocenters. The van der Waals surface area contributed by atoms with Crippen molar-refractivity contribution in [3.8, 4) is 5.69 Å². The first-order valence-corrected chi connectivity index (χ1v) is 15.0. The topological polar surface area (TPSA) is 128 Å². The summed E-state index contributed by atoms with van der Waals surface area (Å²) >= 11 is 24.2. The molecule has 0 spiro atoms. The van der Waals surface area contributed by atoms with E-state index in [0.717, 1.165) is 12.1 Å². The zero-order valence-corrected chi connectivity index (χ0v) is 26.0. The molecule has 42 heavy (non-hydrogen) atoms. The van der Waals surface area contributed by atoms with E-state index >= 15 is 0 Å². The van der Waals surface area contributed by atoms with Gasteiger partial charge in [-0.25, -0.2) is 17.9 Å². The largest absolute Gasteiger partial charge is 0.449 e. The van der Waals surface area contributed by atoms with Crippen LogP contribution in [0.5, 0.6) is 0 Å². The SMILES string of the molecule is Cc1c(NS(=O)(=O)c2ccc(Cl)c(C(=O)O[C@@H](C)C(=O)Nc3c(Cl)cc(Cl)cc3Cl)c2)c(=O)n(-c2ccccc2)n1C. The maximum Gasteiger partial charge on any atom is 0.340 e. The number of ether oxygens (including phenoxy) is 1. The van der Waals surface area contributed by atoms with Gasteiger partial charge in [0.15, 0.2) is 6.10 Å². The van der Waals surface area contributed by atoms with Crippen molar-refractivity contribution in [3.05, 3.63) is 102 Å². The van der Waals surface area contributed by atoms with Crippen LogP contribution < -0.4 is 15.6 Å². The summed E-state index contributed by atoms with van der Waals surface area (Å²) in [5.41, 5.74) is -0.150. The van der Waals surface area contributed by atoms with E-state index in [9.17, 15) is 22.8 Å². The molecule has 0 fully saturated rings. The molecule has 0 aliphatic heterocycles. The zero-order chi connectivity index (χ0) is 30.9. The minimum absolute atomic E-state index is 0.0652. The van der Waals surface area contributed by atoms with Crippen molar-refractivity contribution in [1.29, 1.82) is 0 Å². The molecular weight excluding hydrogens is 650 g/mol. The number of carbonyl (C=O) groups excluding carboxylic acids is 2. The molecule has 0 bridgehead atoms. The van der Waals surface area contributed by atoms with Gasteiger partial charge < -0.3 is 10.1 Å². The average molecular weight is 672 g/mol. The minimum atomic E-state index is -4.38. The van der Waals surface area contributed by atoms with Crippen molar-refractivity contribution >= 4 is 79.7 Å². The zero-order valence-electron chi connectivity index (χ0n) is 22.1. The van der Waals surface area contributed by atoms with Gasteiger partial charge in [0.1, 0.15) is 5.69 Å². The van der Waals surface area contributed by atoms with Crippen molar-refractivity contribution in [2.45, 2.75) is 24.8 Å². The van der Waals surface area contributed by atoms with Crippen molar-refractivity contribution in [3.63, 3.8) is 0 Å². The van der Waals surface area contributed by atoms with Crippen LogP contribution in [0.15, 0.2) is 70.4 Å². The van der Waals surface area contributed by atoms with Gasteiger partial charge in [-0.2, -0.15) is 0 Å². The highest BCUT2D eigenvalue weighted by Crippen LogP contribution is 2.34. The van der Waals surface area contributed by atoms with Crippen molar-refractivity contribution < 1.29 is 22.7 Å². The van der Waals surface area contributed by atoms with Gasteiger partial charge in [0.25, 0.3) is 21.5 Å². The molecule has 0 aliphatic rings. The van der Waals surface area contributed by atoms with Crippen molar-refractivity contribution in [1.82, 2.24) is 9.36 Å². The van der Waals surface area contributed by atoms with E-state index in [4.69, 9.17) is 51.1 Å². The molecule has 15 heteroatoms. The summed E-state index contributed by atoms with van der Waals surface area (Å²) in [6, 6.07) is 14.8. The Morgan fingerprint density at radius 2 is 1.52 bits per heavy atom. The first kappa shape index (κ1) is 31.5. The number of hydrogen-bond acceptors (Lipinski definition) is 6. The second-order valence-electron chi connectivity index (χ2n) is 8.96. The predicted octanol–water partition coefficient (Wildman–Crippen LogP) is 6.08. The molecule has 220 valence electrons. The van der Waals surface area contributed by atoms with Gasteiger partial charge in [-0.15, -0.1) is 0 Å². The number of aromatic nitrogens is 2. The fourth-order valence-electron chi connectivity index (χ4n) is 3.87. The number of esters is 1. The van der Waals surface area contributed by atoms with Crippen LogP contribution in [0, 0.1) is 6.92 Å². The molecule has 0 radical (unpaired) electrons. The summed E-state index contributed by atoms with van der Waals surface area (Å²) in [5.74, 6) is -1.85. The van der Waals surface area contributed by atoms with Crippen LogP contribution in [0.1, 0.15) is 23.0 Å². The summed E-state index contributed by atoms with van der Waals surface area (Å²) in [6.45, 7) is 2.87. The molecule has 2 N–H and O–H groups in total. The third-order valence-corrected chi connectivity index (χ3v) is 8.66. The molecule has 0 saturated carbocycles. The summed E-state index contributed by atoms with van der Waals surface area (Å²) in [4.78, 5) is 38.4. The minimum Gasteiger partial charge on any atom is -0.449 e. The fraction of sp³-hybridized carbons (Fsp3) is 0.148. The first-order chi connectivity index (χ1) is 19.7. The molecular formula is C27H22Cl4N4O6S. The van der Waals surface area contributed by atoms with Crippen LogP contribution in [0.3, 0.4) is 0 Å². The lowest BCUT2D eigenvalue weighted by molar-refractivity contribution is -0.123. The highest BCUT2D eigenvalue weighted by Gasteiger charge is 2.26. The summed E-state index contributed by atoms with van der Waals surface area (Å²) in [7, 11) is -2.76. The number of hydrogen-bond donors (Lipinski definition) is 2. The lowest BCUT2D eigenvalue weighted by Crippen LogP contribution is -2.30. The molecule has 4 rings (SSSR count). The lowest BCUT2D eigenvalue weighted by atomic mass is 10.2. The van der Waals surface area contributed by atoms with Crippen LogP contribution in [0.25, 0.3) is 5.69 Å². The van der Waals surface area contributed by atoms with Crippen molar-refractivity contribution in [2.24, 2.45) is 7.05 Å². The highest BCUT2D eigenvalue weighted by molar-refractivity contribution is 7.92. The number of amides is 1. The average Bonchev–Trinajstić information content (AvgIpc) is 3.13. The second-order valence-corrected chi connectivity index (χ2v) is 12.3. The van der Waals surface area contributed by atoms with Gasteiger partial charge in [0, 0.05) is 12.1 Å². The van der Waals surface area contributed by atoms with E-state index in [1.54, 1.807) is 44.3 Å². The predicted molar refractivity (Wildman–Crippen MR) is 163 cm³/mol. The van der Waals surface area contributed by atoms with Gasteiger partial charge in [0.05, 0.1) is 42.6 Å². The van der Waals surface area contributed by atoms with Crippen LogP contribution in [-0.2, 0) is 26.6 Å². The maximum absolute atomic E-state index is 13.3. The second kappa shape index (κ2) is 12.4. The molecule has 3 aromatic carbocycles. The molecule has 0 aliphatic carbocycles. The fourth-order valence-corrected chi connectivity index (χ4v) is 6.12. The summed E-state index contributed by atoms with van der Waals surface area (Å²) in [6.07, 6.45) is -1.36. The Hall–Kier alpha value is -3.48. The number of halogens is 4. The van der Waals surface area contributed by atoms with E-state index in [2.05, 4.69) is 10.0 Å². The van der Waals surface area contributed by atoms with E-state index in [0.29, 0.717) is 11.4 Å². The van der Waals surface area contributed by atoms with Crippen LogP contribution in [0.2, 0.25) is 20.1 Å². The molecule has 1 aromatic heterocycles. The molecule has 10 nitrogen and oxygen atoms in total. The number of anilines is 2. The lowest BCUT2D eigenvalue weighted by Gasteiger charge is -2.16. The number of sulfonamides is 1. The van der Waals surface area contributed by atoms with E-state index in [-0.39, 0.29) is 41.9 Å². The van der Waals surface area contributed by atoms with Gasteiger partial charge in [-0.05, 0) is 56.3 Å². The first-order valence-electron chi connectivity index (χ1n) is 12.0. The molecule has 0 unspecified atom stereocenters. The Morgan fingerprint density at radius 3 is 2.14 bits per heavy atom. The smallest absolute Gasteiger partial charge is 0.340 e. The number of para-hydroxylation sites is 1. The Labute approximate surface area is 260 Å². The molecule has 4 aromatic rings. The summed E-state index contributed by atoms with van der Waals surface area (Å²) < 4.78 is 37.0. The van der Waals surface area contributed by atoms with Gasteiger partial charge in [-0.1, -0.05) is 64.6 Å². The monoisotopic (exact) mass is 670 g/mol. The standard InChI is InChI=1S/C27H22Cl4N4O6S/c1-14-23(26(37)35(34(14)3)17-7-5-4-6-8-17)33-42(39,40)18-9-10-20(29)19(13-18)27(38)41-15(2)25(36)32-24-21(30)11-16(28)12-22(24)31/h4-13,15,33H,1-3H3,(H,32,36)/t15-/m0/s1. The molecule has 1 amide bonds. The van der Waals surface area contributed by atoms with Crippen molar-refractivity contribution in [2.75, 3.05) is 10.0 Å². The van der Waals surface area contributed by atoms with E-state index in [1.807, 2.05) is 0 Å². The number of carbonyl (C=O) groups is 2. The third-order valence-electron chi connectivity index (χ3n) is 6.17. The maximum atomic E-state index is 13.3. The number of nitrogens with zero attached hydrogens (tertiary/aromatic N) is 2. The Morgan fingerprint density at radius 1 is 0.905 bits per heavy atom. The number of nitrogens with one attached hydrogen (secondary N) is 2. The Kier molecular flexibility index (Phi) is 9.29. The number of rotatable bonds is 8. The van der Waals surface area contributed by atoms with Crippen LogP contribution >= 0.6 is 46.4 Å². The normalized spacial score (nSPS) is 12.1. The van der Waals surface area contributed by atoms with Gasteiger partial charge in [-0.3, -0.25) is 19.0 Å². The Bertz CT molecular complexity index is 1850. The van der Waals surface area contributed by atoms with E-state index in [1.165, 1.54) is 34.5 Å². The summed E-state index contributed by atoms with van der Waals surface area (Å²) in [5, 5.41) is 2.72. The quantitative estimate of drug-likeness (QED) is 0.219. The van der Waals surface area contributed by atoms with E-state index < -0.39 is 33.6 Å². The molecule has 0 saturated heterocycles. The van der Waals surface area contributed by atoms with Crippen LogP contribution in [-0.4, -0.2) is 35.8 Å². The Balaban J connectivity index is 1.56. The van der Waals surface area contributed by atoms with Gasteiger partial charge in [0.2, 0.25) is 0 Å².